The van der Waals surface area contributed by atoms with Gasteiger partial charge < -0.3 is 14.2 Å². The SMILES string of the molecule is COC(=O)C1=CC=C(c2ccc(OC(=O)c3ccc(OC)cc3)cc2)C(C)C1. The average Bonchev–Trinajstić information content (AvgIpc) is 2.73. The van der Waals surface area contributed by atoms with Crippen molar-refractivity contribution < 1.29 is 23.8 Å². The van der Waals surface area contributed by atoms with Gasteiger partial charge in [0, 0.05) is 5.57 Å². The van der Waals surface area contributed by atoms with Crippen molar-refractivity contribution in [3.05, 3.63) is 77.4 Å². The topological polar surface area (TPSA) is 61.8 Å². The van der Waals surface area contributed by atoms with E-state index in [0.717, 1.165) is 11.1 Å². The van der Waals surface area contributed by atoms with Crippen LogP contribution in [-0.4, -0.2) is 26.2 Å². The summed E-state index contributed by atoms with van der Waals surface area (Å²) in [5.41, 5.74) is 3.27. The van der Waals surface area contributed by atoms with Gasteiger partial charge in [-0.1, -0.05) is 31.2 Å². The minimum absolute atomic E-state index is 0.187. The van der Waals surface area contributed by atoms with Gasteiger partial charge in [0.2, 0.25) is 0 Å². The largest absolute Gasteiger partial charge is 0.497 e. The lowest BCUT2D eigenvalue weighted by atomic mass is 9.84. The van der Waals surface area contributed by atoms with Gasteiger partial charge >= 0.3 is 11.9 Å². The smallest absolute Gasteiger partial charge is 0.343 e. The van der Waals surface area contributed by atoms with Crippen LogP contribution in [0.25, 0.3) is 5.57 Å². The summed E-state index contributed by atoms with van der Waals surface area (Å²) < 4.78 is 15.3. The Morgan fingerprint density at radius 1 is 0.857 bits per heavy atom. The average molecular weight is 378 g/mol. The van der Waals surface area contributed by atoms with Crippen LogP contribution in [0.4, 0.5) is 0 Å². The fraction of sp³-hybridized carbons (Fsp3) is 0.217. The molecule has 1 atom stereocenters. The molecule has 5 heteroatoms. The van der Waals surface area contributed by atoms with Gasteiger partial charge in [-0.05, 0) is 59.9 Å². The summed E-state index contributed by atoms with van der Waals surface area (Å²) >= 11 is 0. The van der Waals surface area contributed by atoms with E-state index >= 15 is 0 Å². The second-order valence-electron chi connectivity index (χ2n) is 6.55. The summed E-state index contributed by atoms with van der Waals surface area (Å²) in [7, 11) is 2.96. The number of esters is 2. The zero-order valence-electron chi connectivity index (χ0n) is 16.1. The third-order valence-corrected chi connectivity index (χ3v) is 4.69. The van der Waals surface area contributed by atoms with E-state index in [9.17, 15) is 9.59 Å². The number of methoxy groups -OCH3 is 2. The molecule has 0 bridgehead atoms. The summed E-state index contributed by atoms with van der Waals surface area (Å²) in [4.78, 5) is 23.9. The summed E-state index contributed by atoms with van der Waals surface area (Å²) in [6, 6.07) is 14.1. The molecule has 1 aliphatic rings. The molecule has 0 saturated carbocycles. The predicted octanol–water partition coefficient (Wildman–Crippen LogP) is 4.44. The van der Waals surface area contributed by atoms with Crippen LogP contribution >= 0.6 is 0 Å². The normalized spacial score (nSPS) is 15.9. The Hall–Kier alpha value is -3.34. The lowest BCUT2D eigenvalue weighted by Gasteiger charge is -2.21. The molecule has 28 heavy (non-hydrogen) atoms. The summed E-state index contributed by atoms with van der Waals surface area (Å²) in [5, 5.41) is 0. The molecule has 2 aromatic carbocycles. The van der Waals surface area contributed by atoms with E-state index in [1.807, 2.05) is 18.2 Å². The van der Waals surface area contributed by atoms with Crippen molar-refractivity contribution in [1.82, 2.24) is 0 Å². The first-order valence-electron chi connectivity index (χ1n) is 8.97. The van der Waals surface area contributed by atoms with Crippen molar-refractivity contribution in [2.45, 2.75) is 13.3 Å². The number of rotatable bonds is 5. The molecule has 0 N–H and O–H groups in total. The van der Waals surface area contributed by atoms with E-state index in [-0.39, 0.29) is 11.9 Å². The highest BCUT2D eigenvalue weighted by Crippen LogP contribution is 2.33. The van der Waals surface area contributed by atoms with Crippen molar-refractivity contribution >= 4 is 17.5 Å². The molecule has 0 spiro atoms. The molecule has 0 aromatic heterocycles. The van der Waals surface area contributed by atoms with Gasteiger partial charge in [0.15, 0.2) is 0 Å². The van der Waals surface area contributed by atoms with Crippen LogP contribution in [0.3, 0.4) is 0 Å². The van der Waals surface area contributed by atoms with Gasteiger partial charge in [0.05, 0.1) is 19.8 Å². The van der Waals surface area contributed by atoms with Crippen LogP contribution in [0.2, 0.25) is 0 Å². The van der Waals surface area contributed by atoms with Crippen molar-refractivity contribution in [2.24, 2.45) is 5.92 Å². The van der Waals surface area contributed by atoms with Gasteiger partial charge in [0.25, 0.3) is 0 Å². The second-order valence-corrected chi connectivity index (χ2v) is 6.55. The Morgan fingerprint density at radius 2 is 1.50 bits per heavy atom. The van der Waals surface area contributed by atoms with Crippen molar-refractivity contribution in [3.8, 4) is 11.5 Å². The van der Waals surface area contributed by atoms with E-state index < -0.39 is 5.97 Å². The molecule has 0 fully saturated rings. The number of ether oxygens (including phenoxy) is 3. The highest BCUT2D eigenvalue weighted by atomic mass is 16.5. The molecule has 5 nitrogen and oxygen atoms in total. The van der Waals surface area contributed by atoms with Gasteiger partial charge in [0.1, 0.15) is 11.5 Å². The van der Waals surface area contributed by atoms with Gasteiger partial charge in [-0.15, -0.1) is 0 Å². The first kappa shape index (κ1) is 19.4. The highest BCUT2D eigenvalue weighted by Gasteiger charge is 2.21. The van der Waals surface area contributed by atoms with Crippen molar-refractivity contribution in [2.75, 3.05) is 14.2 Å². The van der Waals surface area contributed by atoms with Gasteiger partial charge in [-0.3, -0.25) is 0 Å². The summed E-state index contributed by atoms with van der Waals surface area (Å²) in [5.74, 6) is 0.626. The van der Waals surface area contributed by atoms with Crippen LogP contribution in [0.15, 0.2) is 66.3 Å². The molecular formula is C23H22O5. The van der Waals surface area contributed by atoms with Crippen LogP contribution < -0.4 is 9.47 Å². The molecule has 0 radical (unpaired) electrons. The Balaban J connectivity index is 1.71. The lowest BCUT2D eigenvalue weighted by Crippen LogP contribution is -2.12. The standard InChI is InChI=1S/C23H22O5/c1-15-14-18(22(24)27-3)8-13-21(15)16-4-11-20(12-5-16)28-23(25)17-6-9-19(26-2)10-7-17/h4-13,15H,14H2,1-3H3. The van der Waals surface area contributed by atoms with E-state index in [1.165, 1.54) is 7.11 Å². The molecule has 3 rings (SSSR count). The molecule has 1 unspecified atom stereocenters. The maximum atomic E-state index is 12.3. The minimum Gasteiger partial charge on any atom is -0.497 e. The number of carbonyl (C=O) groups excluding carboxylic acids is 2. The summed E-state index contributed by atoms with van der Waals surface area (Å²) in [6.45, 7) is 2.07. The Morgan fingerprint density at radius 3 is 2.07 bits per heavy atom. The van der Waals surface area contributed by atoms with E-state index in [0.29, 0.717) is 29.1 Å². The van der Waals surface area contributed by atoms with Crippen LogP contribution in [-0.2, 0) is 9.53 Å². The van der Waals surface area contributed by atoms with Crippen LogP contribution in [0.1, 0.15) is 29.3 Å². The highest BCUT2D eigenvalue weighted by molar-refractivity contribution is 5.92. The van der Waals surface area contributed by atoms with Gasteiger partial charge in [-0.2, -0.15) is 0 Å². The number of allylic oxidation sites excluding steroid dienone is 3. The molecule has 1 aliphatic carbocycles. The molecular weight excluding hydrogens is 356 g/mol. The fourth-order valence-electron chi connectivity index (χ4n) is 3.13. The summed E-state index contributed by atoms with van der Waals surface area (Å²) in [6.07, 6.45) is 4.38. The molecule has 0 heterocycles. The first-order chi connectivity index (χ1) is 13.5. The first-order valence-corrected chi connectivity index (χ1v) is 8.97. The van der Waals surface area contributed by atoms with Crippen molar-refractivity contribution in [3.63, 3.8) is 0 Å². The monoisotopic (exact) mass is 378 g/mol. The third kappa shape index (κ3) is 4.31. The maximum absolute atomic E-state index is 12.3. The van der Waals surface area contributed by atoms with Crippen LogP contribution in [0.5, 0.6) is 11.5 Å². The van der Waals surface area contributed by atoms with Crippen molar-refractivity contribution in [1.29, 1.82) is 0 Å². The Bertz CT molecular complexity index is 920. The molecule has 144 valence electrons. The second kappa shape index (κ2) is 8.57. The Kier molecular flexibility index (Phi) is 5.94. The van der Waals surface area contributed by atoms with E-state index in [1.54, 1.807) is 49.6 Å². The maximum Gasteiger partial charge on any atom is 0.343 e. The molecule has 2 aromatic rings. The number of benzene rings is 2. The molecule has 0 saturated heterocycles. The number of carbonyl (C=O) groups is 2. The lowest BCUT2D eigenvalue weighted by molar-refractivity contribution is -0.136. The number of hydrogen-bond acceptors (Lipinski definition) is 5. The molecule has 0 aliphatic heterocycles. The zero-order chi connectivity index (χ0) is 20.1. The fourth-order valence-corrected chi connectivity index (χ4v) is 3.13. The van der Waals surface area contributed by atoms with E-state index in [2.05, 4.69) is 6.92 Å². The molecule has 0 amide bonds. The zero-order valence-corrected chi connectivity index (χ0v) is 16.1. The third-order valence-electron chi connectivity index (χ3n) is 4.69. The minimum atomic E-state index is -0.425. The predicted molar refractivity (Wildman–Crippen MR) is 106 cm³/mol. The Labute approximate surface area is 164 Å². The van der Waals surface area contributed by atoms with Crippen LogP contribution in [0, 0.1) is 5.92 Å². The quantitative estimate of drug-likeness (QED) is 0.569. The number of hydrogen-bond donors (Lipinski definition) is 0. The van der Waals surface area contributed by atoms with Gasteiger partial charge in [-0.25, -0.2) is 9.59 Å². The van der Waals surface area contributed by atoms with E-state index in [4.69, 9.17) is 14.2 Å².